The molecule has 0 unspecified atom stereocenters. The number of hydrogen-bond acceptors (Lipinski definition) is 4. The smallest absolute Gasteiger partial charge is 0.167 e. The number of hydrogen-bond donors (Lipinski definition) is 2. The molecule has 8 heteroatoms. The molecule has 0 aliphatic heterocycles. The number of benzene rings is 3. The minimum Gasteiger partial charge on any atom is -0.493 e. The lowest BCUT2D eigenvalue weighted by atomic mass is 10.1. The van der Waals surface area contributed by atoms with Crippen LogP contribution in [0.25, 0.3) is 11.0 Å². The van der Waals surface area contributed by atoms with Gasteiger partial charge >= 0.3 is 0 Å². The average molecular weight is 521 g/mol. The molecular weight excluding hydrogens is 501 g/mol. The number of H-pyrrole nitrogens is 1. The number of para-hydroxylation sites is 2. The number of nitrogens with one attached hydrogen (secondary N) is 2. The molecular formula is C23H20BrCl2N3O2. The predicted molar refractivity (Wildman–Crippen MR) is 128 cm³/mol. The van der Waals surface area contributed by atoms with Crippen LogP contribution in [0.1, 0.15) is 17.0 Å². The molecule has 0 bridgehead atoms. The molecule has 3 aromatic carbocycles. The van der Waals surface area contributed by atoms with E-state index >= 15 is 0 Å². The number of ether oxygens (including phenoxy) is 2. The second-order valence-corrected chi connectivity index (χ2v) is 8.57. The summed E-state index contributed by atoms with van der Waals surface area (Å²) in [6.07, 6.45) is 0. The van der Waals surface area contributed by atoms with Crippen molar-refractivity contribution in [3.8, 4) is 11.5 Å². The number of aromatic amines is 1. The Morgan fingerprint density at radius 3 is 2.65 bits per heavy atom. The summed E-state index contributed by atoms with van der Waals surface area (Å²) in [6, 6.07) is 17.2. The van der Waals surface area contributed by atoms with E-state index in [4.69, 9.17) is 32.7 Å². The predicted octanol–water partition coefficient (Wildman–Crippen LogP) is 6.51. The Morgan fingerprint density at radius 2 is 1.87 bits per heavy atom. The van der Waals surface area contributed by atoms with Gasteiger partial charge in [-0.3, -0.25) is 0 Å². The zero-order valence-corrected chi connectivity index (χ0v) is 19.8. The van der Waals surface area contributed by atoms with Crippen LogP contribution in [0.5, 0.6) is 11.5 Å². The first-order chi connectivity index (χ1) is 15.0. The van der Waals surface area contributed by atoms with E-state index in [0.717, 1.165) is 32.5 Å². The van der Waals surface area contributed by atoms with E-state index in [0.29, 0.717) is 41.2 Å². The largest absolute Gasteiger partial charge is 0.493 e. The van der Waals surface area contributed by atoms with Gasteiger partial charge in [-0.15, -0.1) is 0 Å². The van der Waals surface area contributed by atoms with Crippen LogP contribution in [0, 0.1) is 0 Å². The maximum absolute atomic E-state index is 6.15. The second-order valence-electron chi connectivity index (χ2n) is 6.90. The Hall–Kier alpha value is -2.25. The normalized spacial score (nSPS) is 11.1. The quantitative estimate of drug-likeness (QED) is 0.278. The first-order valence-corrected chi connectivity index (χ1v) is 11.2. The first kappa shape index (κ1) is 22.0. The number of imidazole rings is 1. The number of nitrogens with zero attached hydrogens (tertiary/aromatic N) is 1. The molecule has 0 fully saturated rings. The van der Waals surface area contributed by atoms with E-state index < -0.39 is 0 Å². The monoisotopic (exact) mass is 519 g/mol. The molecule has 4 rings (SSSR count). The third-order valence-corrected chi connectivity index (χ3v) is 6.27. The van der Waals surface area contributed by atoms with E-state index in [9.17, 15) is 0 Å². The van der Waals surface area contributed by atoms with Gasteiger partial charge in [-0.1, -0.05) is 57.3 Å². The molecule has 0 amide bonds. The highest BCUT2D eigenvalue weighted by Crippen LogP contribution is 2.37. The summed E-state index contributed by atoms with van der Waals surface area (Å²) in [5, 5.41) is 4.44. The average Bonchev–Trinajstić information content (AvgIpc) is 3.19. The highest BCUT2D eigenvalue weighted by Gasteiger charge is 2.15. The maximum atomic E-state index is 6.15. The summed E-state index contributed by atoms with van der Waals surface area (Å²) in [5.74, 6) is 2.20. The Bertz CT molecular complexity index is 1180. The molecule has 0 aliphatic rings. The summed E-state index contributed by atoms with van der Waals surface area (Å²) in [7, 11) is 1.63. The fourth-order valence-corrected chi connectivity index (χ4v) is 4.02. The van der Waals surface area contributed by atoms with E-state index in [2.05, 4.69) is 31.2 Å². The molecule has 5 nitrogen and oxygen atoms in total. The number of rotatable bonds is 8. The molecule has 0 saturated carbocycles. The van der Waals surface area contributed by atoms with Crippen LogP contribution in [0.4, 0.5) is 0 Å². The summed E-state index contributed by atoms with van der Waals surface area (Å²) in [5.41, 5.74) is 3.84. The van der Waals surface area contributed by atoms with Crippen LogP contribution in [0.15, 0.2) is 59.1 Å². The van der Waals surface area contributed by atoms with Crippen LogP contribution < -0.4 is 14.8 Å². The van der Waals surface area contributed by atoms with Crippen molar-refractivity contribution in [1.29, 1.82) is 0 Å². The van der Waals surface area contributed by atoms with Crippen LogP contribution in [-0.2, 0) is 19.7 Å². The molecule has 2 N–H and O–H groups in total. The standard InChI is InChI=1S/C23H20BrCl2N3O2/c1-30-21-9-7-16(24)15(23(21)31-13-14-6-8-17(25)18(26)10-14)11-27-12-22-28-19-4-2-3-5-20(19)29-22/h2-10,27H,11-13H2,1H3,(H,28,29). The number of halogens is 3. The van der Waals surface area contributed by atoms with E-state index in [1.807, 2.05) is 42.5 Å². The van der Waals surface area contributed by atoms with Crippen LogP contribution in [0.3, 0.4) is 0 Å². The van der Waals surface area contributed by atoms with E-state index in [1.54, 1.807) is 19.2 Å². The lowest BCUT2D eigenvalue weighted by molar-refractivity contribution is 0.280. The lowest BCUT2D eigenvalue weighted by Gasteiger charge is -2.17. The van der Waals surface area contributed by atoms with Crippen molar-refractivity contribution < 1.29 is 9.47 Å². The molecule has 0 saturated heterocycles. The highest BCUT2D eigenvalue weighted by molar-refractivity contribution is 9.10. The third-order valence-electron chi connectivity index (χ3n) is 4.79. The Balaban J connectivity index is 1.49. The maximum Gasteiger partial charge on any atom is 0.167 e. The number of aromatic nitrogens is 2. The van der Waals surface area contributed by atoms with Gasteiger partial charge < -0.3 is 19.8 Å². The third kappa shape index (κ3) is 5.15. The zero-order valence-electron chi connectivity index (χ0n) is 16.7. The number of methoxy groups -OCH3 is 1. The molecule has 31 heavy (non-hydrogen) atoms. The summed E-state index contributed by atoms with van der Waals surface area (Å²) in [6.45, 7) is 1.48. The van der Waals surface area contributed by atoms with Crippen molar-refractivity contribution in [3.63, 3.8) is 0 Å². The highest BCUT2D eigenvalue weighted by atomic mass is 79.9. The minimum atomic E-state index is 0.334. The number of fused-ring (bicyclic) bond motifs is 1. The van der Waals surface area contributed by atoms with Gasteiger partial charge in [0.2, 0.25) is 0 Å². The second kappa shape index (κ2) is 9.92. The van der Waals surface area contributed by atoms with Crippen molar-refractivity contribution >= 4 is 50.2 Å². The van der Waals surface area contributed by atoms with Crippen LogP contribution in [0.2, 0.25) is 10.0 Å². The Kier molecular flexibility index (Phi) is 7.02. The molecule has 1 aromatic heterocycles. The van der Waals surface area contributed by atoms with Crippen molar-refractivity contribution in [2.45, 2.75) is 19.7 Å². The van der Waals surface area contributed by atoms with Gasteiger partial charge in [0.1, 0.15) is 12.4 Å². The molecule has 0 aliphatic carbocycles. The van der Waals surface area contributed by atoms with Gasteiger partial charge in [-0.25, -0.2) is 4.98 Å². The molecule has 0 atom stereocenters. The zero-order chi connectivity index (χ0) is 21.8. The van der Waals surface area contributed by atoms with Crippen molar-refractivity contribution in [3.05, 3.63) is 86.1 Å². The van der Waals surface area contributed by atoms with Gasteiger partial charge in [-0.05, 0) is 42.0 Å². The fourth-order valence-electron chi connectivity index (χ4n) is 3.25. The van der Waals surface area contributed by atoms with Gasteiger partial charge in [0, 0.05) is 16.6 Å². The Labute approximate surface area is 198 Å². The van der Waals surface area contributed by atoms with Crippen LogP contribution >= 0.6 is 39.1 Å². The van der Waals surface area contributed by atoms with E-state index in [-0.39, 0.29) is 0 Å². The van der Waals surface area contributed by atoms with Gasteiger partial charge in [0.05, 0.1) is 34.7 Å². The summed E-state index contributed by atoms with van der Waals surface area (Å²) >= 11 is 15.8. The molecule has 0 spiro atoms. The van der Waals surface area contributed by atoms with E-state index in [1.165, 1.54) is 0 Å². The summed E-state index contributed by atoms with van der Waals surface area (Å²) in [4.78, 5) is 7.93. The van der Waals surface area contributed by atoms with Gasteiger partial charge in [-0.2, -0.15) is 0 Å². The molecule has 1 heterocycles. The van der Waals surface area contributed by atoms with Crippen molar-refractivity contribution in [2.24, 2.45) is 0 Å². The Morgan fingerprint density at radius 1 is 1.03 bits per heavy atom. The fraction of sp³-hybridized carbons (Fsp3) is 0.174. The SMILES string of the molecule is COc1ccc(Br)c(CNCc2nc3ccccc3[nH]2)c1OCc1ccc(Cl)c(Cl)c1. The first-order valence-electron chi connectivity index (χ1n) is 9.61. The molecule has 4 aromatic rings. The van der Waals surface area contributed by atoms with Crippen molar-refractivity contribution in [1.82, 2.24) is 15.3 Å². The topological polar surface area (TPSA) is 59.2 Å². The van der Waals surface area contributed by atoms with Crippen LogP contribution in [-0.4, -0.2) is 17.1 Å². The minimum absolute atomic E-state index is 0.334. The molecule has 160 valence electrons. The lowest BCUT2D eigenvalue weighted by Crippen LogP contribution is -2.15. The van der Waals surface area contributed by atoms with Crippen molar-refractivity contribution in [2.75, 3.05) is 7.11 Å². The van der Waals surface area contributed by atoms with Gasteiger partial charge in [0.15, 0.2) is 11.5 Å². The summed E-state index contributed by atoms with van der Waals surface area (Å²) < 4.78 is 12.6. The van der Waals surface area contributed by atoms with Gasteiger partial charge in [0.25, 0.3) is 0 Å². The molecule has 0 radical (unpaired) electrons.